The average molecular weight is 448 g/mol. The maximum atomic E-state index is 13.2. The van der Waals surface area contributed by atoms with Crippen molar-refractivity contribution in [2.24, 2.45) is 0 Å². The first-order chi connectivity index (χ1) is 13.2. The SMILES string of the molecule is C#Cc1c(C)c(C[B-](F)(F)F)c(C)c(N2CCN(C(=O)OC(C)(C)C)CC2)c1C.[K+]. The Morgan fingerprint density at radius 3 is 2.03 bits per heavy atom. The van der Waals surface area contributed by atoms with Crippen LogP contribution in [-0.4, -0.2) is 49.8 Å². The first kappa shape index (κ1) is 27.4. The molecule has 0 bridgehead atoms. The van der Waals surface area contributed by atoms with Gasteiger partial charge in [-0.3, -0.25) is 0 Å². The second kappa shape index (κ2) is 10.3. The summed E-state index contributed by atoms with van der Waals surface area (Å²) in [6.07, 6.45) is 4.32. The number of carbonyl (C=O) groups is 1. The summed E-state index contributed by atoms with van der Waals surface area (Å²) < 4.78 is 45.1. The molecule has 0 N–H and O–H groups in total. The maximum Gasteiger partial charge on any atom is 1.00 e. The molecule has 160 valence electrons. The van der Waals surface area contributed by atoms with E-state index in [4.69, 9.17) is 11.2 Å². The van der Waals surface area contributed by atoms with Gasteiger partial charge in [0.05, 0.1) is 0 Å². The van der Waals surface area contributed by atoms with Crippen LogP contribution in [0.1, 0.15) is 48.6 Å². The number of hydrogen-bond acceptors (Lipinski definition) is 3. The van der Waals surface area contributed by atoms with Crippen LogP contribution in [-0.2, 0) is 11.1 Å². The van der Waals surface area contributed by atoms with Crippen molar-refractivity contribution in [1.29, 1.82) is 0 Å². The quantitative estimate of drug-likeness (QED) is 0.520. The van der Waals surface area contributed by atoms with Crippen LogP contribution in [0, 0.1) is 33.1 Å². The van der Waals surface area contributed by atoms with Gasteiger partial charge in [-0.05, 0) is 58.2 Å². The molecule has 2 rings (SSSR count). The number of ether oxygens (including phenoxy) is 1. The fourth-order valence-electron chi connectivity index (χ4n) is 3.92. The summed E-state index contributed by atoms with van der Waals surface area (Å²) >= 11 is 0. The molecule has 0 aliphatic carbocycles. The number of rotatable bonds is 3. The Labute approximate surface area is 220 Å². The van der Waals surface area contributed by atoms with Gasteiger partial charge in [-0.25, -0.2) is 4.79 Å². The molecule has 0 saturated carbocycles. The number of piperazine rings is 1. The van der Waals surface area contributed by atoms with Crippen LogP contribution in [0.2, 0.25) is 0 Å². The minimum Gasteiger partial charge on any atom is -0.449 e. The van der Waals surface area contributed by atoms with Gasteiger partial charge in [-0.2, -0.15) is 0 Å². The number of anilines is 1. The number of amides is 1. The van der Waals surface area contributed by atoms with Crippen LogP contribution < -0.4 is 56.3 Å². The molecule has 1 aromatic rings. The molecule has 1 aliphatic rings. The smallest absolute Gasteiger partial charge is 0.449 e. The summed E-state index contributed by atoms with van der Waals surface area (Å²) in [5.41, 5.74) is 2.92. The summed E-state index contributed by atoms with van der Waals surface area (Å²) in [6.45, 7) is 7.58. The molecular weight excluding hydrogens is 419 g/mol. The molecular formula is C21H29BF3KN2O2. The van der Waals surface area contributed by atoms with Crippen molar-refractivity contribution in [2.75, 3.05) is 31.1 Å². The fraction of sp³-hybridized carbons (Fsp3) is 0.571. The van der Waals surface area contributed by atoms with E-state index in [-0.39, 0.29) is 63.0 Å². The third-order valence-electron chi connectivity index (χ3n) is 5.19. The minimum atomic E-state index is -4.98. The Morgan fingerprint density at radius 1 is 1.07 bits per heavy atom. The number of hydrogen-bond donors (Lipinski definition) is 0. The average Bonchev–Trinajstić information content (AvgIpc) is 2.57. The summed E-state index contributed by atoms with van der Waals surface area (Å²) in [4.78, 5) is 15.9. The van der Waals surface area contributed by atoms with Crippen molar-refractivity contribution in [3.63, 3.8) is 0 Å². The van der Waals surface area contributed by atoms with E-state index in [0.29, 0.717) is 42.9 Å². The van der Waals surface area contributed by atoms with Crippen LogP contribution in [0.4, 0.5) is 23.4 Å². The molecule has 1 aromatic carbocycles. The van der Waals surface area contributed by atoms with E-state index in [1.807, 2.05) is 32.6 Å². The van der Waals surface area contributed by atoms with E-state index < -0.39 is 18.9 Å². The molecule has 30 heavy (non-hydrogen) atoms. The van der Waals surface area contributed by atoms with Crippen molar-refractivity contribution < 1.29 is 73.9 Å². The van der Waals surface area contributed by atoms with Crippen molar-refractivity contribution in [3.8, 4) is 12.3 Å². The zero-order valence-electron chi connectivity index (χ0n) is 19.0. The van der Waals surface area contributed by atoms with Gasteiger partial charge in [0.25, 0.3) is 0 Å². The largest absolute Gasteiger partial charge is 1.00 e. The van der Waals surface area contributed by atoms with E-state index in [1.165, 1.54) is 0 Å². The Bertz CT molecular complexity index is 837. The third kappa shape index (κ3) is 6.67. The third-order valence-corrected chi connectivity index (χ3v) is 5.19. The molecule has 1 saturated heterocycles. The molecule has 1 amide bonds. The van der Waals surface area contributed by atoms with E-state index in [2.05, 4.69) is 5.92 Å². The topological polar surface area (TPSA) is 32.8 Å². The predicted octanol–water partition coefficient (Wildman–Crippen LogP) is 1.58. The maximum absolute atomic E-state index is 13.2. The Hall–Kier alpha value is -0.659. The standard InChI is InChI=1S/C21H29BF3N2O2.K/c1-8-17-14(2)18(13-22(23,24)25)16(4)19(15(17)3)26-9-11-27(12-10-26)20(28)29-21(5,6)7;/h1H,9-13H2,2-7H3;/q-1;+1. The Balaban J connectivity index is 0.00000450. The van der Waals surface area contributed by atoms with Crippen LogP contribution in [0.15, 0.2) is 0 Å². The molecule has 0 atom stereocenters. The van der Waals surface area contributed by atoms with E-state index >= 15 is 0 Å². The van der Waals surface area contributed by atoms with Crippen LogP contribution in [0.3, 0.4) is 0 Å². The van der Waals surface area contributed by atoms with Crippen molar-refractivity contribution in [2.45, 2.75) is 53.5 Å². The molecule has 4 nitrogen and oxygen atoms in total. The summed E-state index contributed by atoms with van der Waals surface area (Å²) in [5, 5.41) is 0. The van der Waals surface area contributed by atoms with Gasteiger partial charge >= 0.3 is 64.5 Å². The van der Waals surface area contributed by atoms with E-state index in [9.17, 15) is 17.7 Å². The fourth-order valence-corrected chi connectivity index (χ4v) is 3.92. The van der Waals surface area contributed by atoms with Gasteiger partial charge in [-0.15, -0.1) is 6.42 Å². The predicted molar refractivity (Wildman–Crippen MR) is 111 cm³/mol. The van der Waals surface area contributed by atoms with E-state index in [0.717, 1.165) is 11.3 Å². The van der Waals surface area contributed by atoms with E-state index in [1.54, 1.807) is 18.7 Å². The second-order valence-electron chi connectivity index (χ2n) is 8.59. The van der Waals surface area contributed by atoms with Crippen molar-refractivity contribution >= 4 is 18.8 Å². The molecule has 0 aromatic heterocycles. The summed E-state index contributed by atoms with van der Waals surface area (Å²) in [7, 11) is 0. The minimum absolute atomic E-state index is 0. The number of carbonyl (C=O) groups excluding carboxylic acids is 1. The van der Waals surface area contributed by atoms with Gasteiger partial charge in [0, 0.05) is 37.4 Å². The first-order valence-electron chi connectivity index (χ1n) is 9.78. The van der Waals surface area contributed by atoms with Gasteiger partial charge in [0.1, 0.15) is 5.60 Å². The molecule has 1 fully saturated rings. The summed E-state index contributed by atoms with van der Waals surface area (Å²) in [5.74, 6) is 2.58. The number of terminal acetylenes is 1. The van der Waals surface area contributed by atoms with Gasteiger partial charge in [-0.1, -0.05) is 17.8 Å². The zero-order chi connectivity index (χ0) is 22.1. The van der Waals surface area contributed by atoms with Gasteiger partial charge < -0.3 is 27.5 Å². The van der Waals surface area contributed by atoms with Crippen LogP contribution >= 0.6 is 0 Å². The van der Waals surface area contributed by atoms with Gasteiger partial charge in [0.2, 0.25) is 0 Å². The number of halogens is 3. The van der Waals surface area contributed by atoms with Crippen molar-refractivity contribution in [3.05, 3.63) is 27.8 Å². The number of benzene rings is 1. The molecule has 1 aliphatic heterocycles. The van der Waals surface area contributed by atoms with Gasteiger partial charge in [0.15, 0.2) is 0 Å². The monoisotopic (exact) mass is 448 g/mol. The molecule has 0 unspecified atom stereocenters. The first-order valence-corrected chi connectivity index (χ1v) is 9.78. The normalized spacial score (nSPS) is 14.8. The molecule has 1 heterocycles. The molecule has 9 heteroatoms. The summed E-state index contributed by atoms with van der Waals surface area (Å²) in [6, 6.07) is 0. The Morgan fingerprint density at radius 2 is 1.60 bits per heavy atom. The zero-order valence-corrected chi connectivity index (χ0v) is 22.2. The number of nitrogens with zero attached hydrogens (tertiary/aromatic N) is 2. The molecule has 0 spiro atoms. The van der Waals surface area contributed by atoms with Crippen LogP contribution in [0.25, 0.3) is 0 Å². The molecule has 0 radical (unpaired) electrons. The van der Waals surface area contributed by atoms with Crippen LogP contribution in [0.5, 0.6) is 0 Å². The van der Waals surface area contributed by atoms with Crippen molar-refractivity contribution in [1.82, 2.24) is 4.90 Å². The second-order valence-corrected chi connectivity index (χ2v) is 8.59. The Kier molecular flexibility index (Phi) is 9.40.